The highest BCUT2D eigenvalue weighted by molar-refractivity contribution is 8.13. The van der Waals surface area contributed by atoms with Crippen molar-refractivity contribution >= 4 is 33.5 Å². The molecule has 0 bridgehead atoms. The van der Waals surface area contributed by atoms with Crippen LogP contribution in [0.3, 0.4) is 0 Å². The third kappa shape index (κ3) is 5.00. The number of benzene rings is 1. The fourth-order valence-electron chi connectivity index (χ4n) is 2.46. The van der Waals surface area contributed by atoms with Crippen molar-refractivity contribution in [3.63, 3.8) is 0 Å². The van der Waals surface area contributed by atoms with Gasteiger partial charge in [0, 0.05) is 11.9 Å². The van der Waals surface area contributed by atoms with Gasteiger partial charge in [-0.2, -0.15) is 10.4 Å². The van der Waals surface area contributed by atoms with Crippen molar-refractivity contribution in [3.8, 4) is 6.19 Å². The molecule has 0 radical (unpaired) electrons. The lowest BCUT2D eigenvalue weighted by molar-refractivity contribution is 0.544. The quantitative estimate of drug-likeness (QED) is 0.268. The predicted octanol–water partition coefficient (Wildman–Crippen LogP) is 4.43. The smallest absolute Gasteiger partial charge is 0.183 e. The lowest BCUT2D eigenvalue weighted by Gasteiger charge is -2.05. The van der Waals surface area contributed by atoms with Gasteiger partial charge in [0.05, 0.1) is 17.4 Å². The zero-order valence-corrected chi connectivity index (χ0v) is 14.6. The van der Waals surface area contributed by atoms with E-state index in [1.165, 1.54) is 37.4 Å². The maximum absolute atomic E-state index is 8.72. The van der Waals surface area contributed by atoms with Crippen molar-refractivity contribution in [2.24, 2.45) is 4.99 Å². The summed E-state index contributed by atoms with van der Waals surface area (Å²) in [6.07, 6.45) is 12.0. The molecular weight excluding hydrogens is 306 g/mol. The average Bonchev–Trinajstić information content (AvgIpc) is 2.97. The van der Waals surface area contributed by atoms with Gasteiger partial charge in [-0.1, -0.05) is 44.4 Å². The second kappa shape index (κ2) is 9.21. The lowest BCUT2D eigenvalue weighted by Crippen LogP contribution is -2.12. The Morgan fingerprint density at radius 3 is 2.91 bits per heavy atom. The molecule has 1 aromatic carbocycles. The minimum atomic E-state index is 0.595. The van der Waals surface area contributed by atoms with E-state index in [4.69, 9.17) is 5.26 Å². The number of unbranched alkanes of at least 4 members (excludes halogenated alkanes) is 4. The second-order valence-corrected chi connectivity index (χ2v) is 6.18. The van der Waals surface area contributed by atoms with Crippen LogP contribution in [0.4, 0.5) is 5.69 Å². The summed E-state index contributed by atoms with van der Waals surface area (Å²) in [5.74, 6) is 0. The first-order chi connectivity index (χ1) is 11.3. The van der Waals surface area contributed by atoms with Crippen LogP contribution in [0.5, 0.6) is 0 Å². The van der Waals surface area contributed by atoms with Crippen molar-refractivity contribution in [1.29, 1.82) is 5.26 Å². The number of fused-ring (bicyclic) bond motifs is 1. The molecule has 1 heterocycles. The first kappa shape index (κ1) is 17.4. The molecule has 0 amide bonds. The molecule has 0 fully saturated rings. The van der Waals surface area contributed by atoms with Crippen molar-refractivity contribution in [1.82, 2.24) is 15.1 Å². The van der Waals surface area contributed by atoms with Crippen molar-refractivity contribution in [2.45, 2.75) is 45.6 Å². The van der Waals surface area contributed by atoms with Crippen LogP contribution in [0.15, 0.2) is 29.4 Å². The Morgan fingerprint density at radius 2 is 2.17 bits per heavy atom. The van der Waals surface area contributed by atoms with Gasteiger partial charge in [0.25, 0.3) is 0 Å². The van der Waals surface area contributed by atoms with Crippen LogP contribution in [0.2, 0.25) is 0 Å². The summed E-state index contributed by atoms with van der Waals surface area (Å²) in [6.45, 7) is 3.17. The van der Waals surface area contributed by atoms with Gasteiger partial charge in [0.2, 0.25) is 0 Å². The number of nitrogens with one attached hydrogen (secondary N) is 1. The van der Waals surface area contributed by atoms with E-state index < -0.39 is 0 Å². The van der Waals surface area contributed by atoms with Gasteiger partial charge in [0.1, 0.15) is 0 Å². The monoisotopic (exact) mass is 329 g/mol. The van der Waals surface area contributed by atoms with Crippen LogP contribution in [-0.2, 0) is 6.54 Å². The van der Waals surface area contributed by atoms with E-state index >= 15 is 0 Å². The molecule has 0 aliphatic heterocycles. The lowest BCUT2D eigenvalue weighted by atomic mass is 10.1. The number of thioether (sulfide) groups is 1. The summed E-state index contributed by atoms with van der Waals surface area (Å²) in [7, 11) is 0. The number of nitriles is 1. The van der Waals surface area contributed by atoms with E-state index in [1.54, 1.807) is 0 Å². The number of aliphatic imine (C=N–C) groups is 1. The Kier molecular flexibility index (Phi) is 6.95. The van der Waals surface area contributed by atoms with Crippen molar-refractivity contribution in [3.05, 3.63) is 24.4 Å². The van der Waals surface area contributed by atoms with Crippen LogP contribution in [0.1, 0.15) is 39.0 Å². The fraction of sp³-hybridized carbons (Fsp3) is 0.471. The minimum Gasteiger partial charge on any atom is -0.271 e. The fourth-order valence-corrected chi connectivity index (χ4v) is 2.81. The molecule has 0 aliphatic carbocycles. The van der Waals surface area contributed by atoms with Gasteiger partial charge in [-0.3, -0.25) is 10.00 Å². The topological polar surface area (TPSA) is 66.0 Å². The van der Waals surface area contributed by atoms with Crippen molar-refractivity contribution < 1.29 is 0 Å². The maximum atomic E-state index is 8.72. The molecule has 1 aromatic heterocycles. The molecule has 0 aliphatic rings. The van der Waals surface area contributed by atoms with E-state index in [0.29, 0.717) is 5.17 Å². The Labute approximate surface area is 141 Å². The number of rotatable bonds is 7. The van der Waals surface area contributed by atoms with E-state index in [2.05, 4.69) is 27.0 Å². The number of amidine groups is 1. The number of aryl methyl sites for hydroxylation is 1. The highest BCUT2D eigenvalue weighted by atomic mass is 32.2. The molecule has 5 nitrogen and oxygen atoms in total. The zero-order valence-electron chi connectivity index (χ0n) is 13.7. The predicted molar refractivity (Wildman–Crippen MR) is 97.9 cm³/mol. The van der Waals surface area contributed by atoms with Gasteiger partial charge in [0.15, 0.2) is 11.4 Å². The molecule has 2 rings (SSSR count). The van der Waals surface area contributed by atoms with E-state index in [0.717, 1.165) is 29.6 Å². The van der Waals surface area contributed by atoms with E-state index in [1.807, 2.05) is 36.8 Å². The standard InChI is InChI=1S/C17H23N5S/c1-3-4-5-6-7-10-22-16-11-15(9-8-14(16)12-20-22)21-17(23-2)19-13-18/h8-9,11-12H,3-7,10H2,1-2H3,(H,19,21). The Balaban J connectivity index is 2.11. The van der Waals surface area contributed by atoms with Crippen LogP contribution in [0.25, 0.3) is 10.9 Å². The second-order valence-electron chi connectivity index (χ2n) is 5.38. The summed E-state index contributed by atoms with van der Waals surface area (Å²) >= 11 is 1.42. The van der Waals surface area contributed by atoms with Gasteiger partial charge in [-0.05, 0) is 30.9 Å². The number of aromatic nitrogens is 2. The molecule has 0 atom stereocenters. The molecule has 23 heavy (non-hydrogen) atoms. The summed E-state index contributed by atoms with van der Waals surface area (Å²) in [5.41, 5.74) is 1.93. The van der Waals surface area contributed by atoms with Gasteiger partial charge < -0.3 is 0 Å². The van der Waals surface area contributed by atoms with Crippen LogP contribution < -0.4 is 5.32 Å². The third-order valence-corrected chi connectivity index (χ3v) is 4.27. The molecule has 6 heteroatoms. The molecule has 122 valence electrons. The largest absolute Gasteiger partial charge is 0.271 e. The minimum absolute atomic E-state index is 0.595. The number of hydrogen-bond donors (Lipinski definition) is 1. The molecular formula is C17H23N5S. The number of hydrogen-bond acceptors (Lipinski definition) is 4. The first-order valence-corrected chi connectivity index (χ1v) is 9.24. The van der Waals surface area contributed by atoms with Gasteiger partial charge >= 0.3 is 0 Å². The Morgan fingerprint density at radius 1 is 1.35 bits per heavy atom. The Bertz CT molecular complexity index is 699. The zero-order chi connectivity index (χ0) is 16.5. The molecule has 0 unspecified atom stereocenters. The van der Waals surface area contributed by atoms with E-state index in [-0.39, 0.29) is 0 Å². The molecule has 0 saturated heterocycles. The van der Waals surface area contributed by atoms with Gasteiger partial charge in [-0.25, -0.2) is 4.99 Å². The summed E-state index contributed by atoms with van der Waals surface area (Å²) in [6, 6.07) is 6.01. The Hall–Kier alpha value is -2.00. The maximum Gasteiger partial charge on any atom is 0.183 e. The highest BCUT2D eigenvalue weighted by Gasteiger charge is 2.04. The molecule has 1 N–H and O–H groups in total. The first-order valence-electron chi connectivity index (χ1n) is 8.02. The SMILES string of the molecule is CCCCCCCn1ncc2ccc(N=C(NC#N)SC)cc21. The molecule has 2 aromatic rings. The summed E-state index contributed by atoms with van der Waals surface area (Å²) in [4.78, 5) is 4.46. The van der Waals surface area contributed by atoms with Crippen LogP contribution in [-0.4, -0.2) is 21.2 Å². The third-order valence-electron chi connectivity index (χ3n) is 3.69. The van der Waals surface area contributed by atoms with Crippen LogP contribution in [0, 0.1) is 11.5 Å². The molecule has 0 saturated carbocycles. The van der Waals surface area contributed by atoms with Gasteiger partial charge in [-0.15, -0.1) is 0 Å². The molecule has 0 spiro atoms. The van der Waals surface area contributed by atoms with Crippen molar-refractivity contribution in [2.75, 3.05) is 6.26 Å². The number of nitrogens with zero attached hydrogens (tertiary/aromatic N) is 4. The summed E-state index contributed by atoms with van der Waals surface area (Å²) in [5, 5.41) is 17.5. The normalized spacial score (nSPS) is 11.6. The van der Waals surface area contributed by atoms with E-state index in [9.17, 15) is 0 Å². The summed E-state index contributed by atoms with van der Waals surface area (Å²) < 4.78 is 2.05. The van der Waals surface area contributed by atoms with Crippen LogP contribution >= 0.6 is 11.8 Å². The highest BCUT2D eigenvalue weighted by Crippen LogP contribution is 2.22. The average molecular weight is 329 g/mol.